The van der Waals surface area contributed by atoms with Gasteiger partial charge in [-0.25, -0.2) is 0 Å². The molecule has 0 aliphatic heterocycles. The predicted molar refractivity (Wildman–Crippen MR) is 121 cm³/mol. The maximum atomic E-state index is 12.3. The van der Waals surface area contributed by atoms with Crippen LogP contribution in [0.2, 0.25) is 5.02 Å². The number of aryl methyl sites for hydroxylation is 2. The number of nitrogens with one attached hydrogen (secondary N) is 2. The number of hydrogen-bond acceptors (Lipinski definition) is 3. The number of anilines is 2. The third-order valence-corrected chi connectivity index (χ3v) is 5.32. The van der Waals surface area contributed by atoms with Crippen molar-refractivity contribution in [3.8, 4) is 0 Å². The number of amides is 2. The molecule has 6 heteroatoms. The summed E-state index contributed by atoms with van der Waals surface area (Å²) in [6.07, 6.45) is 0. The van der Waals surface area contributed by atoms with Gasteiger partial charge >= 0.3 is 0 Å². The van der Waals surface area contributed by atoms with Gasteiger partial charge in [0.25, 0.3) is 5.91 Å². The Balaban J connectivity index is 1.52. The smallest absolute Gasteiger partial charge is 0.255 e. The summed E-state index contributed by atoms with van der Waals surface area (Å²) in [5.74, 6) is 0.0281. The van der Waals surface area contributed by atoms with Crippen LogP contribution in [0.4, 0.5) is 11.4 Å². The van der Waals surface area contributed by atoms with Crippen molar-refractivity contribution in [3.05, 3.63) is 88.4 Å². The van der Waals surface area contributed by atoms with Crippen LogP contribution in [-0.2, 0) is 4.79 Å². The van der Waals surface area contributed by atoms with E-state index in [-0.39, 0.29) is 11.8 Å². The van der Waals surface area contributed by atoms with Crippen molar-refractivity contribution in [2.24, 2.45) is 0 Å². The second kappa shape index (κ2) is 9.63. The molecule has 29 heavy (non-hydrogen) atoms. The number of carbonyl (C=O) groups is 2. The zero-order valence-corrected chi connectivity index (χ0v) is 17.7. The molecule has 2 N–H and O–H groups in total. The Bertz CT molecular complexity index is 1020. The van der Waals surface area contributed by atoms with Gasteiger partial charge in [0.15, 0.2) is 0 Å². The fraction of sp³-hybridized carbons (Fsp3) is 0.130. The monoisotopic (exact) mass is 424 g/mol. The average molecular weight is 425 g/mol. The van der Waals surface area contributed by atoms with Gasteiger partial charge in [-0.1, -0.05) is 23.7 Å². The standard InChI is InChI=1S/C23H21ClN2O2S/c1-15-10-16(2)12-20(11-15)25-22(27)14-29-21-8-6-19(7-9-21)26-23(28)17-4-3-5-18(24)13-17/h3-13H,14H2,1-2H3,(H,25,27)(H,26,28). The molecule has 0 aliphatic rings. The molecule has 0 atom stereocenters. The van der Waals surface area contributed by atoms with Gasteiger partial charge in [0.05, 0.1) is 5.75 Å². The fourth-order valence-electron chi connectivity index (χ4n) is 2.86. The lowest BCUT2D eigenvalue weighted by Crippen LogP contribution is -2.14. The Hall–Kier alpha value is -2.76. The minimum atomic E-state index is -0.222. The van der Waals surface area contributed by atoms with Crippen LogP contribution in [0.3, 0.4) is 0 Å². The summed E-state index contributed by atoms with van der Waals surface area (Å²) < 4.78 is 0. The minimum Gasteiger partial charge on any atom is -0.325 e. The van der Waals surface area contributed by atoms with Crippen molar-refractivity contribution in [1.82, 2.24) is 0 Å². The second-order valence-electron chi connectivity index (χ2n) is 6.70. The summed E-state index contributed by atoms with van der Waals surface area (Å²) in [5, 5.41) is 6.28. The quantitative estimate of drug-likeness (QED) is 0.481. The Labute approximate surface area is 179 Å². The lowest BCUT2D eigenvalue weighted by Gasteiger charge is -2.08. The second-order valence-corrected chi connectivity index (χ2v) is 8.19. The van der Waals surface area contributed by atoms with Crippen molar-refractivity contribution in [1.29, 1.82) is 0 Å². The average Bonchev–Trinajstić information content (AvgIpc) is 2.66. The molecule has 0 fully saturated rings. The van der Waals surface area contributed by atoms with E-state index >= 15 is 0 Å². The zero-order valence-electron chi connectivity index (χ0n) is 16.2. The van der Waals surface area contributed by atoms with Gasteiger partial charge in [-0.3, -0.25) is 9.59 Å². The molecule has 3 aromatic carbocycles. The van der Waals surface area contributed by atoms with E-state index in [0.29, 0.717) is 22.0 Å². The van der Waals surface area contributed by atoms with Crippen molar-refractivity contribution in [2.45, 2.75) is 18.7 Å². The lowest BCUT2D eigenvalue weighted by molar-refractivity contribution is -0.113. The van der Waals surface area contributed by atoms with E-state index in [1.165, 1.54) is 11.8 Å². The van der Waals surface area contributed by atoms with E-state index in [2.05, 4.69) is 16.7 Å². The van der Waals surface area contributed by atoms with E-state index in [0.717, 1.165) is 21.7 Å². The molecule has 0 unspecified atom stereocenters. The molecule has 0 radical (unpaired) electrons. The van der Waals surface area contributed by atoms with Gasteiger partial charge in [0.2, 0.25) is 5.91 Å². The Kier molecular flexibility index (Phi) is 6.96. The third-order valence-electron chi connectivity index (χ3n) is 4.07. The molecule has 2 amide bonds. The Morgan fingerprint density at radius 1 is 0.862 bits per heavy atom. The van der Waals surface area contributed by atoms with E-state index in [4.69, 9.17) is 11.6 Å². The summed E-state index contributed by atoms with van der Waals surface area (Å²) in [7, 11) is 0. The maximum Gasteiger partial charge on any atom is 0.255 e. The molecular formula is C23H21ClN2O2S. The van der Waals surface area contributed by atoms with Gasteiger partial charge in [0.1, 0.15) is 0 Å². The highest BCUT2D eigenvalue weighted by Crippen LogP contribution is 2.22. The van der Waals surface area contributed by atoms with Gasteiger partial charge in [-0.15, -0.1) is 11.8 Å². The maximum absolute atomic E-state index is 12.3. The summed E-state index contributed by atoms with van der Waals surface area (Å²) in [6, 6.07) is 20.1. The van der Waals surface area contributed by atoms with Crippen molar-refractivity contribution < 1.29 is 9.59 Å². The van der Waals surface area contributed by atoms with E-state index in [1.54, 1.807) is 24.3 Å². The fourth-order valence-corrected chi connectivity index (χ4v) is 3.75. The van der Waals surface area contributed by atoms with Gasteiger partial charge in [0, 0.05) is 26.9 Å². The first-order valence-corrected chi connectivity index (χ1v) is 10.4. The summed E-state index contributed by atoms with van der Waals surface area (Å²) >= 11 is 7.36. The first-order chi connectivity index (χ1) is 13.9. The topological polar surface area (TPSA) is 58.2 Å². The molecule has 0 aromatic heterocycles. The Morgan fingerprint density at radius 2 is 1.55 bits per heavy atom. The molecule has 4 nitrogen and oxygen atoms in total. The van der Waals surface area contributed by atoms with E-state index in [1.807, 2.05) is 50.2 Å². The molecule has 0 saturated heterocycles. The van der Waals surface area contributed by atoms with Crippen LogP contribution in [0.25, 0.3) is 0 Å². The zero-order chi connectivity index (χ0) is 20.8. The molecule has 0 bridgehead atoms. The van der Waals surface area contributed by atoms with Crippen LogP contribution >= 0.6 is 23.4 Å². The highest BCUT2D eigenvalue weighted by molar-refractivity contribution is 8.00. The molecule has 3 aromatic rings. The van der Waals surface area contributed by atoms with Crippen molar-refractivity contribution >= 4 is 46.6 Å². The first kappa shape index (κ1) is 21.0. The molecule has 0 aliphatic carbocycles. The van der Waals surface area contributed by atoms with Gasteiger partial charge in [-0.05, 0) is 79.6 Å². The Morgan fingerprint density at radius 3 is 2.21 bits per heavy atom. The molecule has 0 saturated carbocycles. The van der Waals surface area contributed by atoms with Crippen LogP contribution < -0.4 is 10.6 Å². The van der Waals surface area contributed by atoms with Crippen LogP contribution in [0, 0.1) is 13.8 Å². The number of thioether (sulfide) groups is 1. The number of hydrogen-bond donors (Lipinski definition) is 2. The first-order valence-electron chi connectivity index (χ1n) is 9.07. The summed E-state index contributed by atoms with van der Waals surface area (Å²) in [6.45, 7) is 4.01. The number of halogens is 1. The number of benzene rings is 3. The van der Waals surface area contributed by atoms with Crippen molar-refractivity contribution in [3.63, 3.8) is 0 Å². The van der Waals surface area contributed by atoms with Gasteiger partial charge in [-0.2, -0.15) is 0 Å². The lowest BCUT2D eigenvalue weighted by atomic mass is 10.1. The van der Waals surface area contributed by atoms with Crippen LogP contribution in [0.5, 0.6) is 0 Å². The third kappa shape index (κ3) is 6.38. The van der Waals surface area contributed by atoms with Gasteiger partial charge < -0.3 is 10.6 Å². The highest BCUT2D eigenvalue weighted by atomic mass is 35.5. The summed E-state index contributed by atoms with van der Waals surface area (Å²) in [4.78, 5) is 25.4. The summed E-state index contributed by atoms with van der Waals surface area (Å²) in [5.41, 5.74) is 4.22. The molecule has 0 heterocycles. The van der Waals surface area contributed by atoms with Crippen molar-refractivity contribution in [2.75, 3.05) is 16.4 Å². The molecular weight excluding hydrogens is 404 g/mol. The molecule has 0 spiro atoms. The molecule has 148 valence electrons. The van der Waals surface area contributed by atoms with Crippen LogP contribution in [0.15, 0.2) is 71.6 Å². The normalized spacial score (nSPS) is 10.4. The van der Waals surface area contributed by atoms with E-state index < -0.39 is 0 Å². The largest absolute Gasteiger partial charge is 0.325 e. The number of rotatable bonds is 6. The SMILES string of the molecule is Cc1cc(C)cc(NC(=O)CSc2ccc(NC(=O)c3cccc(Cl)c3)cc2)c1. The molecule has 3 rings (SSSR count). The highest BCUT2D eigenvalue weighted by Gasteiger charge is 2.08. The number of carbonyl (C=O) groups excluding carboxylic acids is 2. The van der Waals surface area contributed by atoms with Crippen LogP contribution in [0.1, 0.15) is 21.5 Å². The van der Waals surface area contributed by atoms with Crippen LogP contribution in [-0.4, -0.2) is 17.6 Å². The predicted octanol–water partition coefficient (Wildman–Crippen LogP) is 5.94. The van der Waals surface area contributed by atoms with E-state index in [9.17, 15) is 9.59 Å². The minimum absolute atomic E-state index is 0.0571.